The quantitative estimate of drug-likeness (QED) is 0.895. The molecule has 1 aromatic carbocycles. The molecule has 0 radical (unpaired) electrons. The summed E-state index contributed by atoms with van der Waals surface area (Å²) in [6.07, 6.45) is 5.54. The van der Waals surface area contributed by atoms with E-state index in [1.807, 2.05) is 0 Å². The maximum absolute atomic E-state index is 3.61. The molecule has 1 aliphatic carbocycles. The first-order chi connectivity index (χ1) is 10.4. The Bertz CT molecular complexity index is 483. The summed E-state index contributed by atoms with van der Waals surface area (Å²) in [4.78, 5) is 5.34. The lowest BCUT2D eigenvalue weighted by molar-refractivity contribution is 0.0993. The Morgan fingerprint density at radius 3 is 2.86 bits per heavy atom. The summed E-state index contributed by atoms with van der Waals surface area (Å²) in [5, 5.41) is 3.61. The van der Waals surface area contributed by atoms with Crippen LogP contribution in [-0.4, -0.2) is 48.1 Å². The zero-order valence-electron chi connectivity index (χ0n) is 12.9. The zero-order valence-corrected chi connectivity index (χ0v) is 12.9. The highest BCUT2D eigenvalue weighted by atomic mass is 15.3. The van der Waals surface area contributed by atoms with Crippen molar-refractivity contribution in [3.8, 4) is 0 Å². The molecular formula is C18H27N3. The van der Waals surface area contributed by atoms with Gasteiger partial charge in [0.05, 0.1) is 0 Å². The van der Waals surface area contributed by atoms with E-state index >= 15 is 0 Å². The third-order valence-electron chi connectivity index (χ3n) is 5.24. The average Bonchev–Trinajstić information content (AvgIpc) is 3.22. The van der Waals surface area contributed by atoms with Crippen LogP contribution in [0.2, 0.25) is 0 Å². The van der Waals surface area contributed by atoms with Crippen LogP contribution in [0.5, 0.6) is 0 Å². The molecule has 2 heterocycles. The normalized spacial score (nSPS) is 27.0. The molecule has 1 aromatic rings. The predicted molar refractivity (Wildman–Crippen MR) is 86.2 cm³/mol. The second-order valence-corrected chi connectivity index (χ2v) is 7.04. The van der Waals surface area contributed by atoms with Gasteiger partial charge in [0.25, 0.3) is 0 Å². The number of nitrogens with zero attached hydrogens (tertiary/aromatic N) is 2. The van der Waals surface area contributed by atoms with Gasteiger partial charge in [0.15, 0.2) is 0 Å². The molecule has 2 aliphatic heterocycles. The van der Waals surface area contributed by atoms with E-state index in [9.17, 15) is 0 Å². The van der Waals surface area contributed by atoms with E-state index in [-0.39, 0.29) is 0 Å². The maximum atomic E-state index is 3.61. The molecule has 0 bridgehead atoms. The van der Waals surface area contributed by atoms with Crippen molar-refractivity contribution in [1.29, 1.82) is 0 Å². The average molecular weight is 285 g/mol. The minimum absolute atomic E-state index is 0.795. The van der Waals surface area contributed by atoms with Gasteiger partial charge in [0.2, 0.25) is 0 Å². The van der Waals surface area contributed by atoms with Crippen molar-refractivity contribution >= 4 is 0 Å². The van der Waals surface area contributed by atoms with Crippen LogP contribution in [0.15, 0.2) is 24.3 Å². The summed E-state index contributed by atoms with van der Waals surface area (Å²) in [7, 11) is 0. The Labute approximate surface area is 128 Å². The van der Waals surface area contributed by atoms with Crippen molar-refractivity contribution < 1.29 is 0 Å². The Hall–Kier alpha value is -0.900. The SMILES string of the molecule is c1cc(CNC2CC2)cc(CN2CCN3CCCC3C2)c1. The molecule has 21 heavy (non-hydrogen) atoms. The van der Waals surface area contributed by atoms with Gasteiger partial charge in [-0.2, -0.15) is 0 Å². The second-order valence-electron chi connectivity index (χ2n) is 7.04. The fraction of sp³-hybridized carbons (Fsp3) is 0.667. The van der Waals surface area contributed by atoms with E-state index in [2.05, 4.69) is 39.4 Å². The van der Waals surface area contributed by atoms with Crippen molar-refractivity contribution in [1.82, 2.24) is 15.1 Å². The molecule has 3 heteroatoms. The third-order valence-corrected chi connectivity index (χ3v) is 5.24. The summed E-state index contributed by atoms with van der Waals surface area (Å²) >= 11 is 0. The molecule has 3 aliphatic rings. The van der Waals surface area contributed by atoms with Crippen LogP contribution in [0.25, 0.3) is 0 Å². The second kappa shape index (κ2) is 6.07. The molecule has 4 rings (SSSR count). The van der Waals surface area contributed by atoms with E-state index in [0.717, 1.165) is 25.2 Å². The number of hydrogen-bond donors (Lipinski definition) is 1. The summed E-state index contributed by atoms with van der Waals surface area (Å²) in [5.41, 5.74) is 2.93. The van der Waals surface area contributed by atoms with Crippen molar-refractivity contribution in [2.45, 2.75) is 50.9 Å². The largest absolute Gasteiger partial charge is 0.310 e. The molecule has 1 N–H and O–H groups in total. The van der Waals surface area contributed by atoms with E-state index in [4.69, 9.17) is 0 Å². The highest BCUT2D eigenvalue weighted by molar-refractivity contribution is 5.23. The molecule has 3 nitrogen and oxygen atoms in total. The summed E-state index contributed by atoms with van der Waals surface area (Å²) in [6, 6.07) is 10.8. The van der Waals surface area contributed by atoms with Gasteiger partial charge in [0.1, 0.15) is 0 Å². The molecule has 114 valence electrons. The molecular weight excluding hydrogens is 258 g/mol. The zero-order chi connectivity index (χ0) is 14.1. The molecule has 0 spiro atoms. The van der Waals surface area contributed by atoms with Crippen molar-refractivity contribution in [2.75, 3.05) is 26.2 Å². The minimum atomic E-state index is 0.795. The van der Waals surface area contributed by atoms with Gasteiger partial charge < -0.3 is 5.32 Å². The fourth-order valence-electron chi connectivity index (χ4n) is 3.84. The van der Waals surface area contributed by atoms with Gasteiger partial charge in [-0.15, -0.1) is 0 Å². The molecule has 1 atom stereocenters. The number of benzene rings is 1. The monoisotopic (exact) mass is 285 g/mol. The Balaban J connectivity index is 1.34. The fourth-order valence-corrected chi connectivity index (χ4v) is 3.84. The molecule has 0 amide bonds. The Kier molecular flexibility index (Phi) is 3.97. The van der Waals surface area contributed by atoms with Crippen LogP contribution in [0.1, 0.15) is 36.8 Å². The Morgan fingerprint density at radius 2 is 1.95 bits per heavy atom. The lowest BCUT2D eigenvalue weighted by atomic mass is 10.1. The van der Waals surface area contributed by atoms with E-state index in [0.29, 0.717) is 0 Å². The smallest absolute Gasteiger partial charge is 0.0235 e. The van der Waals surface area contributed by atoms with Crippen LogP contribution in [0, 0.1) is 0 Å². The van der Waals surface area contributed by atoms with Crippen LogP contribution < -0.4 is 5.32 Å². The van der Waals surface area contributed by atoms with Gasteiger partial charge in [-0.3, -0.25) is 9.80 Å². The van der Waals surface area contributed by atoms with Crippen LogP contribution >= 0.6 is 0 Å². The lowest BCUT2D eigenvalue weighted by Crippen LogP contribution is -2.49. The van der Waals surface area contributed by atoms with Crippen molar-refractivity contribution in [3.63, 3.8) is 0 Å². The maximum Gasteiger partial charge on any atom is 0.0235 e. The summed E-state index contributed by atoms with van der Waals surface area (Å²) < 4.78 is 0. The van der Waals surface area contributed by atoms with Gasteiger partial charge >= 0.3 is 0 Å². The first-order valence-electron chi connectivity index (χ1n) is 8.64. The van der Waals surface area contributed by atoms with Gasteiger partial charge in [-0.05, 0) is 43.4 Å². The number of fused-ring (bicyclic) bond motifs is 1. The Morgan fingerprint density at radius 1 is 1.05 bits per heavy atom. The summed E-state index contributed by atoms with van der Waals surface area (Å²) in [6.45, 7) is 7.27. The molecule has 3 fully saturated rings. The topological polar surface area (TPSA) is 18.5 Å². The van der Waals surface area contributed by atoms with E-state index in [1.54, 1.807) is 0 Å². The highest BCUT2D eigenvalue weighted by Crippen LogP contribution is 2.23. The van der Waals surface area contributed by atoms with Crippen molar-refractivity contribution in [3.05, 3.63) is 35.4 Å². The van der Waals surface area contributed by atoms with Crippen LogP contribution in [0.3, 0.4) is 0 Å². The van der Waals surface area contributed by atoms with Gasteiger partial charge in [0, 0.05) is 44.8 Å². The number of nitrogens with one attached hydrogen (secondary N) is 1. The van der Waals surface area contributed by atoms with E-state index in [1.165, 1.54) is 63.0 Å². The standard InChI is InChI=1S/C18H27N3/c1-3-15(12-19-17-6-7-17)11-16(4-1)13-20-9-10-21-8-2-5-18(21)14-20/h1,3-4,11,17-19H,2,5-10,12-14H2. The molecule has 0 aromatic heterocycles. The number of piperazine rings is 1. The predicted octanol–water partition coefficient (Wildman–Crippen LogP) is 2.22. The molecule has 1 saturated carbocycles. The van der Waals surface area contributed by atoms with E-state index < -0.39 is 0 Å². The van der Waals surface area contributed by atoms with Gasteiger partial charge in [-0.1, -0.05) is 24.3 Å². The minimum Gasteiger partial charge on any atom is -0.310 e. The van der Waals surface area contributed by atoms with Gasteiger partial charge in [-0.25, -0.2) is 0 Å². The van der Waals surface area contributed by atoms with Crippen LogP contribution in [0.4, 0.5) is 0 Å². The van der Waals surface area contributed by atoms with Crippen molar-refractivity contribution in [2.24, 2.45) is 0 Å². The number of rotatable bonds is 5. The lowest BCUT2D eigenvalue weighted by Gasteiger charge is -2.37. The number of hydrogen-bond acceptors (Lipinski definition) is 3. The van der Waals surface area contributed by atoms with Crippen LogP contribution in [-0.2, 0) is 13.1 Å². The highest BCUT2D eigenvalue weighted by Gasteiger charge is 2.30. The summed E-state index contributed by atoms with van der Waals surface area (Å²) in [5.74, 6) is 0. The first-order valence-corrected chi connectivity index (χ1v) is 8.64. The molecule has 1 unspecified atom stereocenters. The molecule has 2 saturated heterocycles. The third kappa shape index (κ3) is 3.47. The first kappa shape index (κ1) is 13.7.